The van der Waals surface area contributed by atoms with E-state index in [9.17, 15) is 4.79 Å². The molecule has 1 N–H and O–H groups in total. The van der Waals surface area contributed by atoms with Crippen molar-refractivity contribution in [2.75, 3.05) is 19.6 Å². The maximum Gasteiger partial charge on any atom is 0.253 e. The summed E-state index contributed by atoms with van der Waals surface area (Å²) in [5, 5.41) is 6.86. The molecule has 3 unspecified atom stereocenters. The predicted octanol–water partition coefficient (Wildman–Crippen LogP) is 4.24. The van der Waals surface area contributed by atoms with Crippen molar-refractivity contribution in [3.8, 4) is 0 Å². The summed E-state index contributed by atoms with van der Waals surface area (Å²) in [7, 11) is 0. The van der Waals surface area contributed by atoms with E-state index in [0.29, 0.717) is 11.8 Å². The van der Waals surface area contributed by atoms with Gasteiger partial charge in [0.25, 0.3) is 5.91 Å². The largest absolute Gasteiger partial charge is 0.337 e. The normalized spacial score (nSPS) is 28.0. The molecule has 3 atom stereocenters. The van der Waals surface area contributed by atoms with E-state index in [0.717, 1.165) is 48.7 Å². The highest BCUT2D eigenvalue weighted by atomic mass is 32.1. The number of amides is 1. The van der Waals surface area contributed by atoms with Crippen LogP contribution in [0.3, 0.4) is 0 Å². The molecular weight excluding hydrogens is 392 g/mol. The van der Waals surface area contributed by atoms with Gasteiger partial charge < -0.3 is 10.2 Å². The van der Waals surface area contributed by atoms with E-state index in [-0.39, 0.29) is 11.4 Å². The molecule has 6 rings (SSSR count). The number of hydrogen-bond donors (Lipinski definition) is 1. The molecule has 3 aromatic rings. The summed E-state index contributed by atoms with van der Waals surface area (Å²) in [5.41, 5.74) is 3.51. The standard InChI is InChI=1S/C24H26N4OS/c1-15-26-21(18-7-12-30-22(18)27-15)20-13-19(20)16-3-5-17(6-4-16)23(29)28-11-2-8-24(14-28)9-10-25-24/h3-7,12,19-20,25H,2,8-11,13-14H2,1H3. The average Bonchev–Trinajstić information content (AvgIpc) is 3.41. The van der Waals surface area contributed by atoms with Crippen molar-refractivity contribution < 1.29 is 4.79 Å². The first kappa shape index (κ1) is 18.5. The summed E-state index contributed by atoms with van der Waals surface area (Å²) in [6.07, 6.45) is 4.60. The minimum absolute atomic E-state index is 0.174. The van der Waals surface area contributed by atoms with Crippen LogP contribution in [0, 0.1) is 6.92 Å². The number of hydrogen-bond acceptors (Lipinski definition) is 5. The smallest absolute Gasteiger partial charge is 0.253 e. The zero-order chi connectivity index (χ0) is 20.3. The lowest BCUT2D eigenvalue weighted by Crippen LogP contribution is -2.65. The van der Waals surface area contributed by atoms with Crippen LogP contribution in [0.2, 0.25) is 0 Å². The van der Waals surface area contributed by atoms with Crippen LogP contribution in [0.5, 0.6) is 0 Å². The van der Waals surface area contributed by atoms with Crippen LogP contribution in [0.15, 0.2) is 35.7 Å². The highest BCUT2D eigenvalue weighted by Crippen LogP contribution is 2.55. The molecule has 1 aromatic carbocycles. The lowest BCUT2D eigenvalue weighted by atomic mass is 9.80. The SMILES string of the molecule is Cc1nc(C2CC2c2ccc(C(=O)N3CCCC4(CCN4)C3)cc2)c2ccsc2n1. The lowest BCUT2D eigenvalue weighted by Gasteiger charge is -2.49. The summed E-state index contributed by atoms with van der Waals surface area (Å²) in [4.78, 5) is 25.5. The van der Waals surface area contributed by atoms with Gasteiger partial charge in [0.05, 0.1) is 5.69 Å². The average molecular weight is 419 g/mol. The Kier molecular flexibility index (Phi) is 4.22. The third-order valence-electron chi connectivity index (χ3n) is 7.16. The number of thiophene rings is 1. The molecule has 3 fully saturated rings. The molecule has 0 bridgehead atoms. The minimum atomic E-state index is 0.174. The second-order valence-corrected chi connectivity index (χ2v) is 10.0. The first-order valence-corrected chi connectivity index (χ1v) is 11.9. The van der Waals surface area contributed by atoms with Crippen molar-refractivity contribution in [3.05, 3.63) is 58.4 Å². The lowest BCUT2D eigenvalue weighted by molar-refractivity contribution is 0.0467. The summed E-state index contributed by atoms with van der Waals surface area (Å²) >= 11 is 1.68. The zero-order valence-corrected chi connectivity index (χ0v) is 18.0. The van der Waals surface area contributed by atoms with Crippen molar-refractivity contribution in [2.24, 2.45) is 0 Å². The van der Waals surface area contributed by atoms with Gasteiger partial charge in [0, 0.05) is 35.5 Å². The van der Waals surface area contributed by atoms with Crippen LogP contribution in [-0.2, 0) is 0 Å². The molecule has 154 valence electrons. The van der Waals surface area contributed by atoms with Crippen molar-refractivity contribution in [3.63, 3.8) is 0 Å². The van der Waals surface area contributed by atoms with Gasteiger partial charge in [-0.2, -0.15) is 0 Å². The van der Waals surface area contributed by atoms with Crippen LogP contribution in [0.1, 0.15) is 65.0 Å². The number of carbonyl (C=O) groups excluding carboxylic acids is 1. The number of carbonyl (C=O) groups is 1. The van der Waals surface area contributed by atoms with Crippen LogP contribution in [-0.4, -0.2) is 45.9 Å². The van der Waals surface area contributed by atoms with Gasteiger partial charge in [-0.15, -0.1) is 11.3 Å². The van der Waals surface area contributed by atoms with Gasteiger partial charge >= 0.3 is 0 Å². The van der Waals surface area contributed by atoms with Crippen molar-refractivity contribution in [2.45, 2.75) is 50.0 Å². The van der Waals surface area contributed by atoms with E-state index in [1.165, 1.54) is 29.5 Å². The molecule has 5 nitrogen and oxygen atoms in total. The fourth-order valence-corrected chi connectivity index (χ4v) is 6.14. The fraction of sp³-hybridized carbons (Fsp3) is 0.458. The van der Waals surface area contributed by atoms with Crippen LogP contribution >= 0.6 is 11.3 Å². The monoisotopic (exact) mass is 418 g/mol. The molecule has 4 heterocycles. The Labute approximate surface area is 180 Å². The van der Waals surface area contributed by atoms with E-state index in [1.807, 2.05) is 24.0 Å². The summed E-state index contributed by atoms with van der Waals surface area (Å²) < 4.78 is 0. The summed E-state index contributed by atoms with van der Waals surface area (Å²) in [6.45, 7) is 4.79. The Balaban J connectivity index is 1.18. The van der Waals surface area contributed by atoms with Gasteiger partial charge in [0.15, 0.2) is 0 Å². The zero-order valence-electron chi connectivity index (χ0n) is 17.2. The first-order chi connectivity index (χ1) is 14.6. The van der Waals surface area contributed by atoms with E-state index in [1.54, 1.807) is 11.3 Å². The Morgan fingerprint density at radius 1 is 1.17 bits per heavy atom. The second-order valence-electron chi connectivity index (χ2n) is 9.15. The van der Waals surface area contributed by atoms with Gasteiger partial charge in [-0.3, -0.25) is 4.79 Å². The van der Waals surface area contributed by atoms with E-state index in [4.69, 9.17) is 4.98 Å². The summed E-state index contributed by atoms with van der Waals surface area (Å²) in [5.74, 6) is 1.97. The highest BCUT2D eigenvalue weighted by Gasteiger charge is 2.43. The number of likely N-dealkylation sites (tertiary alicyclic amines) is 1. The second kappa shape index (κ2) is 6.86. The van der Waals surface area contributed by atoms with Gasteiger partial charge in [-0.25, -0.2) is 9.97 Å². The number of nitrogens with one attached hydrogen (secondary N) is 1. The van der Waals surface area contributed by atoms with Crippen LogP contribution < -0.4 is 5.32 Å². The highest BCUT2D eigenvalue weighted by molar-refractivity contribution is 7.16. The van der Waals surface area contributed by atoms with Crippen molar-refractivity contribution in [1.82, 2.24) is 20.2 Å². The predicted molar refractivity (Wildman–Crippen MR) is 119 cm³/mol. The quantitative estimate of drug-likeness (QED) is 0.691. The molecule has 1 aliphatic carbocycles. The number of fused-ring (bicyclic) bond motifs is 1. The molecule has 6 heteroatoms. The molecular formula is C24H26N4OS. The van der Waals surface area contributed by atoms with Gasteiger partial charge in [-0.05, 0) is 74.2 Å². The van der Waals surface area contributed by atoms with E-state index in [2.05, 4.69) is 33.9 Å². The Morgan fingerprint density at radius 3 is 2.77 bits per heavy atom. The van der Waals surface area contributed by atoms with Gasteiger partial charge in [0.1, 0.15) is 10.7 Å². The number of aromatic nitrogens is 2. The number of nitrogens with zero attached hydrogens (tertiary/aromatic N) is 3. The number of piperidine rings is 1. The molecule has 30 heavy (non-hydrogen) atoms. The van der Waals surface area contributed by atoms with Gasteiger partial charge in [0.2, 0.25) is 0 Å². The molecule has 1 spiro atoms. The first-order valence-electron chi connectivity index (χ1n) is 11.0. The Morgan fingerprint density at radius 2 is 2.00 bits per heavy atom. The molecule has 2 aromatic heterocycles. The maximum atomic E-state index is 13.0. The summed E-state index contributed by atoms with van der Waals surface area (Å²) in [6, 6.07) is 10.5. The molecule has 2 saturated heterocycles. The molecule has 1 saturated carbocycles. The molecule has 3 aliphatic rings. The van der Waals surface area contributed by atoms with E-state index >= 15 is 0 Å². The topological polar surface area (TPSA) is 58.1 Å². The number of benzene rings is 1. The maximum absolute atomic E-state index is 13.0. The molecule has 0 radical (unpaired) electrons. The van der Waals surface area contributed by atoms with Crippen molar-refractivity contribution >= 4 is 27.5 Å². The Hall–Kier alpha value is -2.31. The van der Waals surface area contributed by atoms with Crippen molar-refractivity contribution in [1.29, 1.82) is 0 Å². The number of rotatable bonds is 3. The van der Waals surface area contributed by atoms with E-state index < -0.39 is 0 Å². The fourth-order valence-electron chi connectivity index (χ4n) is 5.33. The molecule has 2 aliphatic heterocycles. The van der Waals surface area contributed by atoms with Gasteiger partial charge in [-0.1, -0.05) is 12.1 Å². The van der Waals surface area contributed by atoms with Crippen LogP contribution in [0.25, 0.3) is 10.2 Å². The Bertz CT molecular complexity index is 1120. The van der Waals surface area contributed by atoms with Crippen LogP contribution in [0.4, 0.5) is 0 Å². The number of aryl methyl sites for hydroxylation is 1. The third kappa shape index (κ3) is 3.05. The minimum Gasteiger partial charge on any atom is -0.337 e. The third-order valence-corrected chi connectivity index (χ3v) is 7.97. The molecule has 1 amide bonds.